The molecule has 1 aromatic heterocycles. The smallest absolute Gasteiger partial charge is 0.0315 e. The molecule has 0 amide bonds. The van der Waals surface area contributed by atoms with Crippen LogP contribution in [0.4, 0.5) is 0 Å². The normalized spacial score (nSPS) is 15.3. The minimum absolute atomic E-state index is 0.355. The van der Waals surface area contributed by atoms with E-state index in [-0.39, 0.29) is 0 Å². The Kier molecular flexibility index (Phi) is 4.72. The molecule has 3 heteroatoms. The molecular formula is C12H21N3. The number of hydrogen-bond acceptors (Lipinski definition) is 3. The van der Waals surface area contributed by atoms with Gasteiger partial charge in [0.05, 0.1) is 0 Å². The minimum atomic E-state index is 0.355. The predicted octanol–water partition coefficient (Wildman–Crippen LogP) is 1.68. The Balaban J connectivity index is 2.45. The molecule has 1 aromatic rings. The van der Waals surface area contributed by atoms with E-state index in [2.05, 4.69) is 49.2 Å². The fourth-order valence-corrected chi connectivity index (χ4v) is 1.76. The first kappa shape index (κ1) is 12.1. The molecule has 1 N–H and O–H groups in total. The van der Waals surface area contributed by atoms with Gasteiger partial charge in [0.2, 0.25) is 0 Å². The van der Waals surface area contributed by atoms with E-state index in [1.807, 2.05) is 12.3 Å². The number of pyridine rings is 1. The van der Waals surface area contributed by atoms with E-state index in [0.29, 0.717) is 12.1 Å². The van der Waals surface area contributed by atoms with Crippen LogP contribution in [0.5, 0.6) is 0 Å². The van der Waals surface area contributed by atoms with Crippen molar-refractivity contribution in [2.75, 3.05) is 20.6 Å². The SMILES string of the molecule is CC(CN(C)C)NC(C)c1cccnc1. The van der Waals surface area contributed by atoms with Crippen LogP contribution in [0.3, 0.4) is 0 Å². The summed E-state index contributed by atoms with van der Waals surface area (Å²) in [5, 5.41) is 3.55. The molecule has 3 nitrogen and oxygen atoms in total. The van der Waals surface area contributed by atoms with Crippen molar-refractivity contribution in [1.29, 1.82) is 0 Å². The van der Waals surface area contributed by atoms with Crippen molar-refractivity contribution in [3.8, 4) is 0 Å². The van der Waals surface area contributed by atoms with Crippen LogP contribution < -0.4 is 5.32 Å². The van der Waals surface area contributed by atoms with Gasteiger partial charge in [-0.25, -0.2) is 0 Å². The maximum atomic E-state index is 4.12. The van der Waals surface area contributed by atoms with E-state index in [9.17, 15) is 0 Å². The largest absolute Gasteiger partial charge is 0.308 e. The van der Waals surface area contributed by atoms with Crippen LogP contribution in [0.25, 0.3) is 0 Å². The van der Waals surface area contributed by atoms with Crippen LogP contribution in [0.15, 0.2) is 24.5 Å². The highest BCUT2D eigenvalue weighted by molar-refractivity contribution is 5.12. The van der Waals surface area contributed by atoms with Crippen molar-refractivity contribution in [2.45, 2.75) is 25.9 Å². The summed E-state index contributed by atoms with van der Waals surface area (Å²) in [4.78, 5) is 6.31. The molecular weight excluding hydrogens is 186 g/mol. The lowest BCUT2D eigenvalue weighted by molar-refractivity contribution is 0.334. The highest BCUT2D eigenvalue weighted by atomic mass is 15.1. The maximum Gasteiger partial charge on any atom is 0.0315 e. The molecule has 84 valence electrons. The van der Waals surface area contributed by atoms with Gasteiger partial charge in [-0.05, 0) is 39.6 Å². The number of nitrogens with zero attached hydrogens (tertiary/aromatic N) is 2. The van der Waals surface area contributed by atoms with Crippen LogP contribution >= 0.6 is 0 Å². The van der Waals surface area contributed by atoms with Crippen molar-refractivity contribution >= 4 is 0 Å². The van der Waals surface area contributed by atoms with Gasteiger partial charge in [-0.3, -0.25) is 4.98 Å². The summed E-state index contributed by atoms with van der Waals surface area (Å²) in [5.41, 5.74) is 1.24. The van der Waals surface area contributed by atoms with Crippen LogP contribution in [0, 0.1) is 0 Å². The van der Waals surface area contributed by atoms with Crippen molar-refractivity contribution in [1.82, 2.24) is 15.2 Å². The van der Waals surface area contributed by atoms with Crippen LogP contribution in [-0.2, 0) is 0 Å². The Morgan fingerprint density at radius 3 is 2.67 bits per heavy atom. The zero-order valence-corrected chi connectivity index (χ0v) is 10.1. The van der Waals surface area contributed by atoms with Gasteiger partial charge in [-0.2, -0.15) is 0 Å². The first-order valence-corrected chi connectivity index (χ1v) is 5.40. The fourth-order valence-electron chi connectivity index (χ4n) is 1.76. The summed E-state index contributed by atoms with van der Waals surface area (Å²) in [6.45, 7) is 5.42. The van der Waals surface area contributed by atoms with E-state index in [1.165, 1.54) is 5.56 Å². The topological polar surface area (TPSA) is 28.2 Å². The molecule has 0 saturated heterocycles. The van der Waals surface area contributed by atoms with Crippen molar-refractivity contribution in [2.24, 2.45) is 0 Å². The predicted molar refractivity (Wildman–Crippen MR) is 63.8 cm³/mol. The van der Waals surface area contributed by atoms with E-state index < -0.39 is 0 Å². The molecule has 0 aromatic carbocycles. The monoisotopic (exact) mass is 207 g/mol. The first-order valence-electron chi connectivity index (χ1n) is 5.40. The fraction of sp³-hybridized carbons (Fsp3) is 0.583. The number of likely N-dealkylation sites (N-methyl/N-ethyl adjacent to an activating group) is 1. The molecule has 15 heavy (non-hydrogen) atoms. The Hall–Kier alpha value is -0.930. The average molecular weight is 207 g/mol. The van der Waals surface area contributed by atoms with E-state index in [4.69, 9.17) is 0 Å². The zero-order valence-electron chi connectivity index (χ0n) is 10.1. The lowest BCUT2D eigenvalue weighted by atomic mass is 10.1. The van der Waals surface area contributed by atoms with Gasteiger partial charge in [-0.15, -0.1) is 0 Å². The Morgan fingerprint density at radius 2 is 2.13 bits per heavy atom. The molecule has 1 rings (SSSR count). The highest BCUT2D eigenvalue weighted by Crippen LogP contribution is 2.10. The average Bonchev–Trinajstić information content (AvgIpc) is 2.17. The van der Waals surface area contributed by atoms with Gasteiger partial charge in [0.1, 0.15) is 0 Å². The Morgan fingerprint density at radius 1 is 1.40 bits per heavy atom. The van der Waals surface area contributed by atoms with Gasteiger partial charge in [0.25, 0.3) is 0 Å². The van der Waals surface area contributed by atoms with Gasteiger partial charge < -0.3 is 10.2 Å². The molecule has 0 bridgehead atoms. The molecule has 0 saturated carbocycles. The molecule has 0 aliphatic carbocycles. The van der Waals surface area contributed by atoms with Crippen molar-refractivity contribution in [3.05, 3.63) is 30.1 Å². The molecule has 0 radical (unpaired) electrons. The van der Waals surface area contributed by atoms with E-state index >= 15 is 0 Å². The molecule has 0 fully saturated rings. The second kappa shape index (κ2) is 5.83. The van der Waals surface area contributed by atoms with Crippen LogP contribution in [0.1, 0.15) is 25.5 Å². The summed E-state index contributed by atoms with van der Waals surface area (Å²) < 4.78 is 0. The molecule has 1 heterocycles. The molecule has 0 aliphatic rings. The van der Waals surface area contributed by atoms with E-state index in [0.717, 1.165) is 6.54 Å². The lowest BCUT2D eigenvalue weighted by Gasteiger charge is -2.22. The second-order valence-electron chi connectivity index (χ2n) is 4.34. The second-order valence-corrected chi connectivity index (χ2v) is 4.34. The molecule has 2 atom stereocenters. The zero-order chi connectivity index (χ0) is 11.3. The summed E-state index contributed by atoms with van der Waals surface area (Å²) in [5.74, 6) is 0. The maximum absolute atomic E-state index is 4.12. The van der Waals surface area contributed by atoms with E-state index in [1.54, 1.807) is 6.20 Å². The van der Waals surface area contributed by atoms with Crippen molar-refractivity contribution in [3.63, 3.8) is 0 Å². The quantitative estimate of drug-likeness (QED) is 0.796. The Bertz CT molecular complexity index is 271. The number of rotatable bonds is 5. The van der Waals surface area contributed by atoms with Crippen LogP contribution in [-0.4, -0.2) is 36.6 Å². The first-order chi connectivity index (χ1) is 7.09. The van der Waals surface area contributed by atoms with Gasteiger partial charge >= 0.3 is 0 Å². The third-order valence-corrected chi connectivity index (χ3v) is 2.36. The van der Waals surface area contributed by atoms with Gasteiger partial charge in [0.15, 0.2) is 0 Å². The number of nitrogens with one attached hydrogen (secondary N) is 1. The standard InChI is InChI=1S/C12H21N3/c1-10(9-15(3)4)14-11(2)12-6-5-7-13-8-12/h5-8,10-11,14H,9H2,1-4H3. The highest BCUT2D eigenvalue weighted by Gasteiger charge is 2.09. The third kappa shape index (κ3) is 4.40. The summed E-state index contributed by atoms with van der Waals surface area (Å²) in [6.07, 6.45) is 3.72. The summed E-state index contributed by atoms with van der Waals surface area (Å²) in [6, 6.07) is 4.92. The van der Waals surface area contributed by atoms with Crippen LogP contribution in [0.2, 0.25) is 0 Å². The number of hydrogen-bond donors (Lipinski definition) is 1. The lowest BCUT2D eigenvalue weighted by Crippen LogP contribution is -2.37. The minimum Gasteiger partial charge on any atom is -0.308 e. The van der Waals surface area contributed by atoms with Crippen molar-refractivity contribution < 1.29 is 0 Å². The Labute approximate surface area is 92.5 Å². The number of aromatic nitrogens is 1. The molecule has 2 unspecified atom stereocenters. The third-order valence-electron chi connectivity index (χ3n) is 2.36. The van der Waals surface area contributed by atoms with Gasteiger partial charge in [0, 0.05) is 31.0 Å². The summed E-state index contributed by atoms with van der Waals surface area (Å²) in [7, 11) is 4.18. The molecule has 0 spiro atoms. The summed E-state index contributed by atoms with van der Waals surface area (Å²) >= 11 is 0. The molecule has 0 aliphatic heterocycles. The van der Waals surface area contributed by atoms with Gasteiger partial charge in [-0.1, -0.05) is 6.07 Å².